The van der Waals surface area contributed by atoms with Gasteiger partial charge in [-0.05, 0) is 74.6 Å². The number of benzene rings is 2. The van der Waals surface area contributed by atoms with Gasteiger partial charge >= 0.3 is 0 Å². The van der Waals surface area contributed by atoms with Gasteiger partial charge in [0.25, 0.3) is 10.0 Å². The van der Waals surface area contributed by atoms with Crippen molar-refractivity contribution in [3.05, 3.63) is 53.3 Å². The molecule has 0 aromatic heterocycles. The van der Waals surface area contributed by atoms with E-state index in [0.717, 1.165) is 30.5 Å². The van der Waals surface area contributed by atoms with Crippen LogP contribution in [-0.2, 0) is 21.2 Å². The minimum Gasteiger partial charge on any atom is -0.309 e. The van der Waals surface area contributed by atoms with Crippen LogP contribution >= 0.6 is 0 Å². The van der Waals surface area contributed by atoms with Crippen LogP contribution in [0.4, 0.5) is 15.8 Å². The summed E-state index contributed by atoms with van der Waals surface area (Å²) >= 11 is 0. The Bertz CT molecular complexity index is 1050. The summed E-state index contributed by atoms with van der Waals surface area (Å²) in [6, 6.07) is 9.07. The number of aryl methyl sites for hydroxylation is 1. The summed E-state index contributed by atoms with van der Waals surface area (Å²) < 4.78 is 41.6. The van der Waals surface area contributed by atoms with Crippen molar-refractivity contribution in [1.82, 2.24) is 0 Å². The first-order valence-electron chi connectivity index (χ1n) is 9.51. The number of hydrogen-bond donors (Lipinski definition) is 1. The Balaban J connectivity index is 1.61. The summed E-state index contributed by atoms with van der Waals surface area (Å²) in [6.07, 6.45) is 3.58. The summed E-state index contributed by atoms with van der Waals surface area (Å²) in [4.78, 5) is 14.7. The molecule has 0 bridgehead atoms. The summed E-state index contributed by atoms with van der Waals surface area (Å²) in [5.41, 5.74) is 2.27. The molecule has 1 heterocycles. The van der Waals surface area contributed by atoms with Crippen molar-refractivity contribution in [3.63, 3.8) is 0 Å². The first kappa shape index (κ1) is 18.9. The second kappa shape index (κ2) is 6.88. The number of hydrogen-bond acceptors (Lipinski definition) is 3. The zero-order valence-electron chi connectivity index (χ0n) is 15.9. The Hall–Kier alpha value is -2.41. The maximum absolute atomic E-state index is 13.7. The number of carbonyl (C=O) groups excluding carboxylic acids is 1. The smallest absolute Gasteiger partial charge is 0.261 e. The van der Waals surface area contributed by atoms with Crippen LogP contribution in [0.2, 0.25) is 0 Å². The molecule has 1 amide bonds. The maximum atomic E-state index is 13.7. The van der Waals surface area contributed by atoms with Crippen molar-refractivity contribution >= 4 is 27.3 Å². The number of anilines is 2. The molecule has 2 aromatic rings. The third-order valence-electron chi connectivity index (χ3n) is 5.69. The minimum absolute atomic E-state index is 0.0141. The van der Waals surface area contributed by atoms with E-state index in [2.05, 4.69) is 4.72 Å². The Morgan fingerprint density at radius 3 is 2.57 bits per heavy atom. The van der Waals surface area contributed by atoms with Crippen LogP contribution in [0.1, 0.15) is 37.3 Å². The standard InChI is InChI=1S/C21H23FN2O3S/c1-13-6-7-17(12-19(13)22)23-28(26,27)18-8-9-20-16(11-18)10-14(2)24(20)21(25)15-4-3-5-15/h6-9,11-12,14-15,23H,3-5,10H2,1-2H3/t14-/m1/s1. The van der Waals surface area contributed by atoms with E-state index in [1.807, 2.05) is 11.8 Å². The lowest BCUT2D eigenvalue weighted by Crippen LogP contribution is -2.42. The first-order valence-corrected chi connectivity index (χ1v) is 11.0. The molecule has 0 unspecified atom stereocenters. The molecule has 0 spiro atoms. The Morgan fingerprint density at radius 2 is 1.93 bits per heavy atom. The predicted octanol–water partition coefficient (Wildman–Crippen LogP) is 4.01. The SMILES string of the molecule is Cc1ccc(NS(=O)(=O)c2ccc3c(c2)C[C@@H](C)N3C(=O)C2CCC2)cc1F. The Morgan fingerprint density at radius 1 is 1.18 bits per heavy atom. The van der Waals surface area contributed by atoms with Gasteiger partial charge in [-0.1, -0.05) is 12.5 Å². The molecule has 0 saturated heterocycles. The molecule has 28 heavy (non-hydrogen) atoms. The molecule has 1 aliphatic carbocycles. The number of carbonyl (C=O) groups is 1. The van der Waals surface area contributed by atoms with Crippen LogP contribution < -0.4 is 9.62 Å². The predicted molar refractivity (Wildman–Crippen MR) is 106 cm³/mol. The van der Waals surface area contributed by atoms with Crippen LogP contribution in [0, 0.1) is 18.7 Å². The van der Waals surface area contributed by atoms with E-state index in [1.165, 1.54) is 24.3 Å². The number of halogens is 1. The quantitative estimate of drug-likeness (QED) is 0.840. The largest absolute Gasteiger partial charge is 0.309 e. The zero-order chi connectivity index (χ0) is 20.1. The average molecular weight is 402 g/mol. The first-order chi connectivity index (χ1) is 13.3. The summed E-state index contributed by atoms with van der Waals surface area (Å²) in [7, 11) is -3.85. The monoisotopic (exact) mass is 402 g/mol. The second-order valence-corrected chi connectivity index (χ2v) is 9.43. The summed E-state index contributed by atoms with van der Waals surface area (Å²) in [6.45, 7) is 3.60. The highest BCUT2D eigenvalue weighted by molar-refractivity contribution is 7.92. The van der Waals surface area contributed by atoms with Gasteiger partial charge in [0.05, 0.1) is 10.6 Å². The van der Waals surface area contributed by atoms with Crippen molar-refractivity contribution in [2.24, 2.45) is 5.92 Å². The maximum Gasteiger partial charge on any atom is 0.261 e. The van der Waals surface area contributed by atoms with E-state index >= 15 is 0 Å². The van der Waals surface area contributed by atoms with Gasteiger partial charge in [-0.3, -0.25) is 9.52 Å². The second-order valence-electron chi connectivity index (χ2n) is 7.75. The van der Waals surface area contributed by atoms with Gasteiger partial charge in [0.15, 0.2) is 0 Å². The van der Waals surface area contributed by atoms with Crippen molar-refractivity contribution in [3.8, 4) is 0 Å². The van der Waals surface area contributed by atoms with E-state index in [1.54, 1.807) is 19.1 Å². The average Bonchev–Trinajstić information content (AvgIpc) is 2.91. The summed E-state index contributed by atoms with van der Waals surface area (Å²) in [5, 5.41) is 0. The number of rotatable bonds is 4. The van der Waals surface area contributed by atoms with E-state index in [9.17, 15) is 17.6 Å². The number of nitrogens with zero attached hydrogens (tertiary/aromatic N) is 1. The van der Waals surface area contributed by atoms with Crippen LogP contribution in [0.3, 0.4) is 0 Å². The molecular formula is C21H23FN2O3S. The van der Waals surface area contributed by atoms with Crippen LogP contribution in [-0.4, -0.2) is 20.4 Å². The lowest BCUT2D eigenvalue weighted by Gasteiger charge is -2.32. The third kappa shape index (κ3) is 3.28. The number of amides is 1. The molecule has 1 atom stereocenters. The number of fused-ring (bicyclic) bond motifs is 1. The molecule has 7 heteroatoms. The van der Waals surface area contributed by atoms with Gasteiger partial charge in [0, 0.05) is 17.6 Å². The van der Waals surface area contributed by atoms with Gasteiger partial charge in [-0.2, -0.15) is 0 Å². The fourth-order valence-corrected chi connectivity index (χ4v) is 4.93. The molecule has 148 valence electrons. The fourth-order valence-electron chi connectivity index (χ4n) is 3.83. The van der Waals surface area contributed by atoms with Gasteiger partial charge < -0.3 is 4.90 Å². The fraction of sp³-hybridized carbons (Fsp3) is 0.381. The molecule has 1 aliphatic heterocycles. The normalized spacial score (nSPS) is 19.2. The van der Waals surface area contributed by atoms with E-state index in [-0.39, 0.29) is 28.4 Å². The van der Waals surface area contributed by atoms with Crippen LogP contribution in [0.25, 0.3) is 0 Å². The van der Waals surface area contributed by atoms with E-state index in [4.69, 9.17) is 0 Å². The third-order valence-corrected chi connectivity index (χ3v) is 7.07. The van der Waals surface area contributed by atoms with Crippen molar-refractivity contribution < 1.29 is 17.6 Å². The lowest BCUT2D eigenvalue weighted by molar-refractivity contribution is -0.125. The molecular weight excluding hydrogens is 379 g/mol. The molecule has 2 aliphatic rings. The molecule has 0 radical (unpaired) electrons. The van der Waals surface area contributed by atoms with Gasteiger partial charge in [-0.15, -0.1) is 0 Å². The molecule has 5 nitrogen and oxygen atoms in total. The van der Waals surface area contributed by atoms with Gasteiger partial charge in [0.1, 0.15) is 5.82 Å². The van der Waals surface area contributed by atoms with Crippen LogP contribution in [0.5, 0.6) is 0 Å². The highest BCUT2D eigenvalue weighted by Crippen LogP contribution is 2.38. The van der Waals surface area contributed by atoms with E-state index in [0.29, 0.717) is 12.0 Å². The van der Waals surface area contributed by atoms with Gasteiger partial charge in [0.2, 0.25) is 5.91 Å². The molecule has 4 rings (SSSR count). The Kier molecular flexibility index (Phi) is 4.65. The molecule has 1 saturated carbocycles. The topological polar surface area (TPSA) is 66.5 Å². The molecule has 2 aromatic carbocycles. The summed E-state index contributed by atoms with van der Waals surface area (Å²) in [5.74, 6) is -0.232. The van der Waals surface area contributed by atoms with Gasteiger partial charge in [-0.25, -0.2) is 12.8 Å². The Labute approximate surface area is 164 Å². The number of sulfonamides is 1. The van der Waals surface area contributed by atoms with Crippen molar-refractivity contribution in [1.29, 1.82) is 0 Å². The van der Waals surface area contributed by atoms with E-state index < -0.39 is 15.8 Å². The molecule has 1 fully saturated rings. The van der Waals surface area contributed by atoms with Crippen molar-refractivity contribution in [2.75, 3.05) is 9.62 Å². The van der Waals surface area contributed by atoms with Crippen molar-refractivity contribution in [2.45, 2.75) is 50.5 Å². The zero-order valence-corrected chi connectivity index (χ0v) is 16.7. The highest BCUT2D eigenvalue weighted by atomic mass is 32.2. The number of nitrogens with one attached hydrogen (secondary N) is 1. The highest BCUT2D eigenvalue weighted by Gasteiger charge is 2.37. The lowest BCUT2D eigenvalue weighted by atomic mass is 9.84. The minimum atomic E-state index is -3.85. The molecule has 1 N–H and O–H groups in total. The van der Waals surface area contributed by atoms with Crippen LogP contribution in [0.15, 0.2) is 41.3 Å².